The number of unbranched alkanes of at least 4 members (excludes halogenated alkanes) is 1. The molecule has 16 heavy (non-hydrogen) atoms. The van der Waals surface area contributed by atoms with E-state index < -0.39 is 30.1 Å². The van der Waals surface area contributed by atoms with Gasteiger partial charge in [-0.15, -0.1) is 0 Å². The van der Waals surface area contributed by atoms with Gasteiger partial charge in [0, 0.05) is 6.42 Å². The van der Waals surface area contributed by atoms with Crippen molar-refractivity contribution in [3.8, 4) is 0 Å². The molecule has 0 rings (SSSR count). The van der Waals surface area contributed by atoms with Crippen LogP contribution in [-0.2, 0) is 9.59 Å². The minimum Gasteiger partial charge on any atom is -0.481 e. The predicted octanol–water partition coefficient (Wildman–Crippen LogP) is -0.919. The van der Waals surface area contributed by atoms with Gasteiger partial charge in [-0.1, -0.05) is 0 Å². The molecule has 0 fully saturated rings. The molecular formula is C9H18N2O5. The topological polar surface area (TPSA) is 147 Å². The standard InChI is InChI=1S/C9H18N2O5/c10-9(11,6(12)5-8(15)16)4-2-1-3-7(13)14/h6,12H,1-5,10-11H2,(H,13,14)(H,15,16). The molecule has 7 N–H and O–H groups in total. The third kappa shape index (κ3) is 6.33. The Labute approximate surface area is 93.0 Å². The van der Waals surface area contributed by atoms with Gasteiger partial charge in [-0.05, 0) is 19.3 Å². The van der Waals surface area contributed by atoms with Gasteiger partial charge in [0.05, 0.1) is 18.2 Å². The Morgan fingerprint density at radius 3 is 2.12 bits per heavy atom. The van der Waals surface area contributed by atoms with Crippen molar-refractivity contribution in [2.45, 2.75) is 43.9 Å². The Balaban J connectivity index is 3.93. The van der Waals surface area contributed by atoms with Crippen LogP contribution in [0.15, 0.2) is 0 Å². The minimum absolute atomic E-state index is 0.00507. The molecule has 0 heterocycles. The van der Waals surface area contributed by atoms with E-state index >= 15 is 0 Å². The molecule has 0 amide bonds. The molecule has 7 heteroatoms. The van der Waals surface area contributed by atoms with E-state index in [2.05, 4.69) is 0 Å². The maximum Gasteiger partial charge on any atom is 0.306 e. The van der Waals surface area contributed by atoms with Gasteiger partial charge in [0.1, 0.15) is 0 Å². The fourth-order valence-corrected chi connectivity index (χ4v) is 1.23. The minimum atomic E-state index is -1.49. The van der Waals surface area contributed by atoms with Gasteiger partial charge in [0.15, 0.2) is 0 Å². The van der Waals surface area contributed by atoms with E-state index in [1.54, 1.807) is 0 Å². The molecule has 0 aromatic carbocycles. The average molecular weight is 234 g/mol. The van der Waals surface area contributed by atoms with E-state index in [9.17, 15) is 14.7 Å². The third-order valence-corrected chi connectivity index (χ3v) is 2.24. The average Bonchev–Trinajstić information content (AvgIpc) is 2.11. The molecule has 0 saturated heterocycles. The lowest BCUT2D eigenvalue weighted by molar-refractivity contribution is -0.140. The van der Waals surface area contributed by atoms with Crippen molar-refractivity contribution in [3.63, 3.8) is 0 Å². The maximum atomic E-state index is 10.3. The fourth-order valence-electron chi connectivity index (χ4n) is 1.23. The van der Waals surface area contributed by atoms with Crippen molar-refractivity contribution in [3.05, 3.63) is 0 Å². The van der Waals surface area contributed by atoms with Crippen LogP contribution < -0.4 is 11.5 Å². The SMILES string of the molecule is NC(N)(CCCCC(=O)O)C(O)CC(=O)O. The Morgan fingerprint density at radius 1 is 1.12 bits per heavy atom. The summed E-state index contributed by atoms with van der Waals surface area (Å²) in [7, 11) is 0. The summed E-state index contributed by atoms with van der Waals surface area (Å²) in [5.41, 5.74) is 9.60. The molecule has 7 nitrogen and oxygen atoms in total. The van der Waals surface area contributed by atoms with E-state index in [0.29, 0.717) is 12.8 Å². The zero-order chi connectivity index (χ0) is 12.8. The molecule has 0 spiro atoms. The Bertz CT molecular complexity index is 254. The van der Waals surface area contributed by atoms with Crippen LogP contribution >= 0.6 is 0 Å². The highest BCUT2D eigenvalue weighted by molar-refractivity contribution is 5.67. The largest absolute Gasteiger partial charge is 0.481 e. The smallest absolute Gasteiger partial charge is 0.306 e. The molecule has 0 radical (unpaired) electrons. The predicted molar refractivity (Wildman–Crippen MR) is 55.5 cm³/mol. The quantitative estimate of drug-likeness (QED) is 0.269. The number of hydrogen-bond donors (Lipinski definition) is 5. The van der Waals surface area contributed by atoms with Gasteiger partial charge in [-0.2, -0.15) is 0 Å². The summed E-state index contributed by atoms with van der Waals surface area (Å²) >= 11 is 0. The molecule has 0 aliphatic heterocycles. The van der Waals surface area contributed by atoms with E-state index in [0.717, 1.165) is 0 Å². The van der Waals surface area contributed by atoms with Gasteiger partial charge in [0.25, 0.3) is 0 Å². The van der Waals surface area contributed by atoms with Gasteiger partial charge in [0.2, 0.25) is 0 Å². The summed E-state index contributed by atoms with van der Waals surface area (Å²) < 4.78 is 0. The van der Waals surface area contributed by atoms with E-state index in [1.807, 2.05) is 0 Å². The molecule has 0 aromatic heterocycles. The summed E-state index contributed by atoms with van der Waals surface area (Å²) in [6.07, 6.45) is -0.859. The Kier molecular flexibility index (Phi) is 5.94. The lowest BCUT2D eigenvalue weighted by atomic mass is 9.95. The van der Waals surface area contributed by atoms with Crippen LogP contribution in [0.1, 0.15) is 32.1 Å². The highest BCUT2D eigenvalue weighted by Crippen LogP contribution is 2.13. The van der Waals surface area contributed by atoms with Crippen molar-refractivity contribution in [2.24, 2.45) is 11.5 Å². The van der Waals surface area contributed by atoms with Crippen LogP contribution in [0, 0.1) is 0 Å². The second kappa shape index (κ2) is 6.41. The van der Waals surface area contributed by atoms with Gasteiger partial charge < -0.3 is 26.8 Å². The number of nitrogens with two attached hydrogens (primary N) is 2. The van der Waals surface area contributed by atoms with Crippen LogP contribution in [0.2, 0.25) is 0 Å². The molecule has 94 valence electrons. The molecule has 0 aromatic rings. The lowest BCUT2D eigenvalue weighted by Crippen LogP contribution is -2.59. The number of carbonyl (C=O) groups is 2. The molecule has 1 unspecified atom stereocenters. The maximum absolute atomic E-state index is 10.3. The normalized spacial score (nSPS) is 13.4. The molecular weight excluding hydrogens is 216 g/mol. The highest BCUT2D eigenvalue weighted by atomic mass is 16.4. The van der Waals surface area contributed by atoms with E-state index in [-0.39, 0.29) is 12.8 Å². The van der Waals surface area contributed by atoms with Crippen LogP contribution in [0.4, 0.5) is 0 Å². The Morgan fingerprint density at radius 2 is 1.69 bits per heavy atom. The first-order chi connectivity index (χ1) is 7.25. The van der Waals surface area contributed by atoms with Crippen LogP contribution in [-0.4, -0.2) is 39.0 Å². The second-order valence-corrected chi connectivity index (χ2v) is 3.83. The third-order valence-electron chi connectivity index (χ3n) is 2.24. The highest BCUT2D eigenvalue weighted by Gasteiger charge is 2.30. The van der Waals surface area contributed by atoms with Crippen molar-refractivity contribution in [1.82, 2.24) is 0 Å². The summed E-state index contributed by atoms with van der Waals surface area (Å²) in [5, 5.41) is 26.2. The molecule has 0 aliphatic rings. The van der Waals surface area contributed by atoms with Gasteiger partial charge in [-0.3, -0.25) is 9.59 Å². The first-order valence-electron chi connectivity index (χ1n) is 4.95. The monoisotopic (exact) mass is 234 g/mol. The van der Waals surface area contributed by atoms with Crippen molar-refractivity contribution in [2.75, 3.05) is 0 Å². The van der Waals surface area contributed by atoms with E-state index in [1.165, 1.54) is 0 Å². The zero-order valence-corrected chi connectivity index (χ0v) is 8.93. The molecule has 0 aliphatic carbocycles. The van der Waals surface area contributed by atoms with Crippen LogP contribution in [0.25, 0.3) is 0 Å². The number of carboxylic acid groups (broad SMARTS) is 2. The number of carboxylic acids is 2. The van der Waals surface area contributed by atoms with Crippen LogP contribution in [0.3, 0.4) is 0 Å². The van der Waals surface area contributed by atoms with Crippen molar-refractivity contribution in [1.29, 1.82) is 0 Å². The number of rotatable bonds is 8. The summed E-state index contributed by atoms with van der Waals surface area (Å²) in [5.74, 6) is -2.09. The second-order valence-electron chi connectivity index (χ2n) is 3.83. The fraction of sp³-hybridized carbons (Fsp3) is 0.778. The van der Waals surface area contributed by atoms with Gasteiger partial charge >= 0.3 is 11.9 Å². The molecule has 0 bridgehead atoms. The summed E-state index contributed by atoms with van der Waals surface area (Å²) in [6, 6.07) is 0. The number of aliphatic hydroxyl groups excluding tert-OH is 1. The Hall–Kier alpha value is -1.18. The van der Waals surface area contributed by atoms with Crippen LogP contribution in [0.5, 0.6) is 0 Å². The van der Waals surface area contributed by atoms with Gasteiger partial charge in [-0.25, -0.2) is 0 Å². The number of aliphatic carboxylic acids is 2. The molecule has 0 saturated carbocycles. The first-order valence-corrected chi connectivity index (χ1v) is 4.95. The number of aliphatic hydroxyl groups is 1. The first kappa shape index (κ1) is 14.8. The summed E-state index contributed by atoms with van der Waals surface area (Å²) in [4.78, 5) is 20.5. The van der Waals surface area contributed by atoms with E-state index in [4.69, 9.17) is 21.7 Å². The van der Waals surface area contributed by atoms with Crippen molar-refractivity contribution >= 4 is 11.9 Å². The lowest BCUT2D eigenvalue weighted by Gasteiger charge is -2.29. The number of hydrogen-bond acceptors (Lipinski definition) is 5. The summed E-state index contributed by atoms with van der Waals surface area (Å²) in [6.45, 7) is 0. The zero-order valence-electron chi connectivity index (χ0n) is 8.93. The van der Waals surface area contributed by atoms with Crippen molar-refractivity contribution < 1.29 is 24.9 Å². The molecule has 1 atom stereocenters.